The standard InChI is InChI=1S/C4H10O2S.K.H/c1-3-4(2)7(5)6;;/h4H,3H2,1-2H3,(H,5,6);;. The summed E-state index contributed by atoms with van der Waals surface area (Å²) < 4.78 is 18.3. The van der Waals surface area contributed by atoms with Gasteiger partial charge in [0, 0.05) is 0 Å². The Bertz CT molecular complexity index is 76.4. The normalized spacial score (nSPS) is 16.4. The average Bonchev–Trinajstić information content (AvgIpc) is 1.65. The van der Waals surface area contributed by atoms with Crippen LogP contribution in [0.3, 0.4) is 0 Å². The van der Waals surface area contributed by atoms with Crippen molar-refractivity contribution in [2.75, 3.05) is 0 Å². The van der Waals surface area contributed by atoms with Crippen LogP contribution in [0.25, 0.3) is 0 Å². The molecular weight excluding hydrogens is 151 g/mol. The molecular formula is C4H11KO2S. The molecule has 0 aliphatic rings. The monoisotopic (exact) mass is 162 g/mol. The van der Waals surface area contributed by atoms with Gasteiger partial charge in [-0.15, -0.1) is 0 Å². The number of hydrogen-bond donors (Lipinski definition) is 1. The first-order valence-corrected chi connectivity index (χ1v) is 3.45. The second-order valence-corrected chi connectivity index (χ2v) is 2.85. The van der Waals surface area contributed by atoms with Crippen LogP contribution < -0.4 is 0 Å². The molecule has 2 atom stereocenters. The minimum absolute atomic E-state index is 0. The summed E-state index contributed by atoms with van der Waals surface area (Å²) in [5, 5.41) is -0.0694. The molecule has 0 saturated heterocycles. The van der Waals surface area contributed by atoms with Gasteiger partial charge in [-0.05, 0) is 13.3 Å². The van der Waals surface area contributed by atoms with Crippen molar-refractivity contribution in [2.45, 2.75) is 25.5 Å². The molecule has 0 amide bonds. The van der Waals surface area contributed by atoms with Gasteiger partial charge in [0.05, 0.1) is 5.25 Å². The summed E-state index contributed by atoms with van der Waals surface area (Å²) in [6.45, 7) is 3.63. The van der Waals surface area contributed by atoms with Gasteiger partial charge in [0.2, 0.25) is 0 Å². The van der Waals surface area contributed by atoms with Gasteiger partial charge in [0.1, 0.15) is 0 Å². The molecule has 0 aromatic heterocycles. The molecule has 2 unspecified atom stereocenters. The molecule has 0 radical (unpaired) electrons. The molecule has 4 heteroatoms. The molecule has 2 nitrogen and oxygen atoms in total. The van der Waals surface area contributed by atoms with Gasteiger partial charge < -0.3 is 4.55 Å². The molecule has 0 aromatic carbocycles. The van der Waals surface area contributed by atoms with Crippen molar-refractivity contribution in [1.82, 2.24) is 0 Å². The van der Waals surface area contributed by atoms with Crippen molar-refractivity contribution in [1.29, 1.82) is 0 Å². The van der Waals surface area contributed by atoms with Crippen LogP contribution in [0, 0.1) is 0 Å². The Kier molecular flexibility index (Phi) is 10.7. The van der Waals surface area contributed by atoms with E-state index in [1.165, 1.54) is 0 Å². The van der Waals surface area contributed by atoms with Crippen LogP contribution in [0.4, 0.5) is 0 Å². The van der Waals surface area contributed by atoms with E-state index in [-0.39, 0.29) is 56.6 Å². The van der Waals surface area contributed by atoms with E-state index in [1.54, 1.807) is 6.92 Å². The molecule has 0 saturated carbocycles. The van der Waals surface area contributed by atoms with Gasteiger partial charge in [-0.25, -0.2) is 4.21 Å². The van der Waals surface area contributed by atoms with E-state index < -0.39 is 11.1 Å². The van der Waals surface area contributed by atoms with E-state index >= 15 is 0 Å². The molecule has 46 valence electrons. The predicted octanol–water partition coefficient (Wildman–Crippen LogP) is 0.358. The second kappa shape index (κ2) is 6.86. The topological polar surface area (TPSA) is 37.3 Å². The van der Waals surface area contributed by atoms with E-state index in [2.05, 4.69) is 0 Å². The van der Waals surface area contributed by atoms with Crippen LogP contribution in [0.5, 0.6) is 0 Å². The van der Waals surface area contributed by atoms with Gasteiger partial charge in [0.15, 0.2) is 11.1 Å². The molecule has 0 bridgehead atoms. The van der Waals surface area contributed by atoms with Crippen molar-refractivity contribution in [3.63, 3.8) is 0 Å². The first-order chi connectivity index (χ1) is 3.18. The average molecular weight is 162 g/mol. The van der Waals surface area contributed by atoms with Crippen LogP contribution in [-0.4, -0.2) is 65.4 Å². The molecule has 0 heterocycles. The van der Waals surface area contributed by atoms with Crippen LogP contribution in [0.2, 0.25) is 0 Å². The van der Waals surface area contributed by atoms with E-state index in [9.17, 15) is 4.21 Å². The quantitative estimate of drug-likeness (QED) is 0.470. The Morgan fingerprint density at radius 2 is 2.12 bits per heavy atom. The zero-order chi connectivity index (χ0) is 5.86. The summed E-state index contributed by atoms with van der Waals surface area (Å²) in [6.07, 6.45) is 0.767. The van der Waals surface area contributed by atoms with Crippen molar-refractivity contribution >= 4 is 62.5 Å². The van der Waals surface area contributed by atoms with Gasteiger partial charge in [-0.2, -0.15) is 0 Å². The molecule has 8 heavy (non-hydrogen) atoms. The fourth-order valence-corrected chi connectivity index (χ4v) is 0.428. The van der Waals surface area contributed by atoms with Gasteiger partial charge in [0.25, 0.3) is 0 Å². The van der Waals surface area contributed by atoms with Crippen molar-refractivity contribution in [2.24, 2.45) is 0 Å². The van der Waals surface area contributed by atoms with E-state index in [0.717, 1.165) is 6.42 Å². The van der Waals surface area contributed by atoms with Crippen LogP contribution in [0.15, 0.2) is 0 Å². The SMILES string of the molecule is CCC(C)S(=O)O.[KH]. The van der Waals surface area contributed by atoms with E-state index in [1.807, 2.05) is 6.92 Å². The van der Waals surface area contributed by atoms with Crippen molar-refractivity contribution in [3.8, 4) is 0 Å². The molecule has 0 fully saturated rings. The maximum absolute atomic E-state index is 10.0. The Morgan fingerprint density at radius 3 is 2.12 bits per heavy atom. The summed E-state index contributed by atoms with van der Waals surface area (Å²) >= 11 is -1.61. The van der Waals surface area contributed by atoms with Crippen molar-refractivity contribution in [3.05, 3.63) is 0 Å². The summed E-state index contributed by atoms with van der Waals surface area (Å²) in [4.78, 5) is 0. The van der Waals surface area contributed by atoms with Gasteiger partial charge in [-0.1, -0.05) is 6.92 Å². The number of hydrogen-bond acceptors (Lipinski definition) is 1. The Hall–Kier alpha value is 1.75. The van der Waals surface area contributed by atoms with E-state index in [4.69, 9.17) is 4.55 Å². The molecule has 0 aromatic rings. The third kappa shape index (κ3) is 5.88. The summed E-state index contributed by atoms with van der Waals surface area (Å²) in [5.41, 5.74) is 0. The Labute approximate surface area is 95.1 Å². The first kappa shape index (κ1) is 12.4. The molecule has 0 spiro atoms. The van der Waals surface area contributed by atoms with Gasteiger partial charge >= 0.3 is 51.4 Å². The van der Waals surface area contributed by atoms with Crippen molar-refractivity contribution < 1.29 is 8.76 Å². The summed E-state index contributed by atoms with van der Waals surface area (Å²) in [5.74, 6) is 0. The van der Waals surface area contributed by atoms with Crippen LogP contribution in [-0.2, 0) is 11.1 Å². The Balaban J connectivity index is 0. The zero-order valence-corrected chi connectivity index (χ0v) is 5.36. The first-order valence-electron chi connectivity index (χ1n) is 2.28. The van der Waals surface area contributed by atoms with Crippen LogP contribution in [0.1, 0.15) is 20.3 Å². The second-order valence-electron chi connectivity index (χ2n) is 1.50. The fourth-order valence-electron chi connectivity index (χ4n) is 0.143. The van der Waals surface area contributed by atoms with E-state index in [0.29, 0.717) is 0 Å². The van der Waals surface area contributed by atoms with Crippen LogP contribution >= 0.6 is 0 Å². The molecule has 0 aliphatic heterocycles. The summed E-state index contributed by atoms with van der Waals surface area (Å²) in [6, 6.07) is 0. The predicted molar refractivity (Wildman–Crippen MR) is 37.7 cm³/mol. The zero-order valence-electron chi connectivity index (χ0n) is 4.55. The fraction of sp³-hybridized carbons (Fsp3) is 1.00. The molecule has 0 aliphatic carbocycles. The Morgan fingerprint density at radius 1 is 1.75 bits per heavy atom. The minimum atomic E-state index is -1.61. The number of rotatable bonds is 2. The molecule has 0 rings (SSSR count). The third-order valence-electron chi connectivity index (χ3n) is 0.919. The molecule has 1 N–H and O–H groups in total. The maximum atomic E-state index is 10.0. The van der Waals surface area contributed by atoms with Gasteiger partial charge in [-0.3, -0.25) is 0 Å². The summed E-state index contributed by atoms with van der Waals surface area (Å²) in [7, 11) is 0. The third-order valence-corrected chi connectivity index (χ3v) is 1.94.